The normalized spacial score (nSPS) is 27.9. The zero-order valence-corrected chi connectivity index (χ0v) is 16.5. The van der Waals surface area contributed by atoms with Crippen molar-refractivity contribution in [3.8, 4) is 6.57 Å². The molecule has 0 aromatic carbocycles. The zero-order chi connectivity index (χ0) is 18.2. The average molecular weight is 405 g/mol. The van der Waals surface area contributed by atoms with Crippen molar-refractivity contribution in [2.24, 2.45) is 0 Å². The predicted molar refractivity (Wildman–Crippen MR) is 101 cm³/mol. The number of hydrogen-bond acceptors (Lipinski definition) is 4. The topological polar surface area (TPSA) is 60.2 Å². The van der Waals surface area contributed by atoms with E-state index in [4.69, 9.17) is 5.26 Å². The van der Waals surface area contributed by atoms with Crippen LogP contribution in [0.4, 0.5) is 5.69 Å². The summed E-state index contributed by atoms with van der Waals surface area (Å²) >= 11 is 3.50. The van der Waals surface area contributed by atoms with Crippen molar-refractivity contribution in [2.75, 3.05) is 18.0 Å². The Morgan fingerprint density at radius 2 is 1.84 bits per heavy atom. The minimum absolute atomic E-state index is 0.209. The van der Waals surface area contributed by atoms with Crippen molar-refractivity contribution in [1.82, 2.24) is 9.88 Å². The van der Waals surface area contributed by atoms with Crippen LogP contribution in [0.5, 0.6) is 0 Å². The molecular formula is C19H25BrN4O. The Bertz CT molecular complexity index is 675. The van der Waals surface area contributed by atoms with E-state index in [1.807, 2.05) is 18.7 Å². The molecule has 1 saturated heterocycles. The second-order valence-electron chi connectivity index (χ2n) is 7.70. The molecule has 25 heavy (non-hydrogen) atoms. The van der Waals surface area contributed by atoms with E-state index in [1.165, 1.54) is 32.4 Å². The van der Waals surface area contributed by atoms with Gasteiger partial charge in [-0.25, -0.2) is 5.26 Å². The van der Waals surface area contributed by atoms with Gasteiger partial charge in [0.1, 0.15) is 0 Å². The molecular weight excluding hydrogens is 380 g/mol. The predicted octanol–water partition coefficient (Wildman–Crippen LogP) is 3.62. The summed E-state index contributed by atoms with van der Waals surface area (Å²) < 4.78 is 0.943. The van der Waals surface area contributed by atoms with Gasteiger partial charge < -0.3 is 9.80 Å². The molecule has 0 unspecified atom stereocenters. The summed E-state index contributed by atoms with van der Waals surface area (Å²) in [5.74, 6) is 0.209. The third-order valence-corrected chi connectivity index (χ3v) is 6.23. The number of halogens is 1. The van der Waals surface area contributed by atoms with Crippen LogP contribution in [0.15, 0.2) is 16.7 Å². The third-order valence-electron chi connectivity index (χ3n) is 5.80. The number of fused-ring (bicyclic) bond motifs is 1. The molecule has 3 heterocycles. The maximum Gasteiger partial charge on any atom is 0.239 e. The second-order valence-corrected chi connectivity index (χ2v) is 8.61. The fourth-order valence-corrected chi connectivity index (χ4v) is 4.64. The SMILES string of the molecule is C#N.CC1(C)C(=O)N(C2CC(N3CCCCC3)C2)c2cc(Br)cnc21. The highest BCUT2D eigenvalue weighted by Crippen LogP contribution is 2.46. The van der Waals surface area contributed by atoms with Crippen molar-refractivity contribution < 1.29 is 4.79 Å². The molecule has 0 atom stereocenters. The van der Waals surface area contributed by atoms with E-state index in [0.717, 1.165) is 28.7 Å². The van der Waals surface area contributed by atoms with Crippen LogP contribution in [-0.2, 0) is 10.2 Å². The van der Waals surface area contributed by atoms with E-state index in [0.29, 0.717) is 12.1 Å². The number of pyridine rings is 1. The number of likely N-dealkylation sites (tertiary alicyclic amines) is 1. The van der Waals surface area contributed by atoms with E-state index < -0.39 is 5.41 Å². The lowest BCUT2D eigenvalue weighted by molar-refractivity contribution is -0.123. The summed E-state index contributed by atoms with van der Waals surface area (Å²) in [4.78, 5) is 22.2. The standard InChI is InChI=1S/C18H24BrN3O.CHN/c1-18(2)16-15(8-12(19)11-20-16)22(17(18)23)14-9-13(10-14)21-6-4-3-5-7-21;1-2/h8,11,13-14H,3-7,9-10H2,1-2H3;1H. The Morgan fingerprint density at radius 1 is 1.20 bits per heavy atom. The number of hydrogen-bond donors (Lipinski definition) is 0. The number of carbonyl (C=O) groups is 1. The molecule has 0 N–H and O–H groups in total. The van der Waals surface area contributed by atoms with Crippen molar-refractivity contribution in [3.05, 3.63) is 22.4 Å². The molecule has 1 aliphatic carbocycles. The molecule has 0 radical (unpaired) electrons. The number of rotatable bonds is 2. The van der Waals surface area contributed by atoms with E-state index >= 15 is 0 Å². The Labute approximate surface area is 158 Å². The largest absolute Gasteiger partial charge is 0.307 e. The molecule has 2 fully saturated rings. The fraction of sp³-hybridized carbons (Fsp3) is 0.632. The molecule has 0 bridgehead atoms. The summed E-state index contributed by atoms with van der Waals surface area (Å²) in [7, 11) is 0. The Hall–Kier alpha value is -1.45. The molecule has 134 valence electrons. The monoisotopic (exact) mass is 404 g/mol. The second kappa shape index (κ2) is 7.05. The molecule has 1 aromatic rings. The smallest absolute Gasteiger partial charge is 0.239 e. The first-order valence-electron chi connectivity index (χ1n) is 8.98. The summed E-state index contributed by atoms with van der Waals surface area (Å²) in [6.07, 6.45) is 8.04. The van der Waals surface area contributed by atoms with E-state index in [2.05, 4.69) is 38.5 Å². The first-order valence-corrected chi connectivity index (χ1v) is 9.77. The van der Waals surface area contributed by atoms with Crippen LogP contribution in [0, 0.1) is 11.8 Å². The van der Waals surface area contributed by atoms with Gasteiger partial charge in [-0.15, -0.1) is 0 Å². The van der Waals surface area contributed by atoms with Crippen LogP contribution in [0.25, 0.3) is 0 Å². The maximum atomic E-state index is 13.0. The molecule has 6 heteroatoms. The number of aromatic nitrogens is 1. The van der Waals surface area contributed by atoms with Crippen LogP contribution in [-0.4, -0.2) is 41.0 Å². The lowest BCUT2D eigenvalue weighted by atomic mass is 9.83. The average Bonchev–Trinajstić information content (AvgIpc) is 2.77. The summed E-state index contributed by atoms with van der Waals surface area (Å²) in [6.45, 7) is 9.97. The van der Waals surface area contributed by atoms with Gasteiger partial charge in [0, 0.05) is 29.3 Å². The van der Waals surface area contributed by atoms with E-state index in [9.17, 15) is 4.79 Å². The van der Waals surface area contributed by atoms with Crippen molar-refractivity contribution in [1.29, 1.82) is 5.26 Å². The molecule has 5 nitrogen and oxygen atoms in total. The summed E-state index contributed by atoms with van der Waals surface area (Å²) in [5, 5.41) is 6.50. The van der Waals surface area contributed by atoms with Gasteiger partial charge >= 0.3 is 0 Å². The fourth-order valence-electron chi connectivity index (χ4n) is 4.32. The highest BCUT2D eigenvalue weighted by molar-refractivity contribution is 9.10. The van der Waals surface area contributed by atoms with Crippen LogP contribution < -0.4 is 4.90 Å². The lowest BCUT2D eigenvalue weighted by Crippen LogP contribution is -2.57. The zero-order valence-electron chi connectivity index (χ0n) is 14.9. The minimum Gasteiger partial charge on any atom is -0.307 e. The molecule has 1 amide bonds. The van der Waals surface area contributed by atoms with Crippen molar-refractivity contribution >= 4 is 27.5 Å². The number of piperidine rings is 1. The molecule has 0 spiro atoms. The van der Waals surface area contributed by atoms with Gasteiger partial charge in [0.25, 0.3) is 0 Å². The number of nitriles is 1. The Kier molecular flexibility index (Phi) is 5.17. The number of nitrogens with zero attached hydrogens (tertiary/aromatic N) is 4. The summed E-state index contributed by atoms with van der Waals surface area (Å²) in [5.41, 5.74) is 1.43. The van der Waals surface area contributed by atoms with Gasteiger partial charge in [-0.2, -0.15) is 0 Å². The van der Waals surface area contributed by atoms with Gasteiger partial charge in [0.15, 0.2) is 0 Å². The van der Waals surface area contributed by atoms with Crippen LogP contribution in [0.3, 0.4) is 0 Å². The first kappa shape index (κ1) is 18.3. The Balaban J connectivity index is 0.000000880. The van der Waals surface area contributed by atoms with Gasteiger partial charge in [0.05, 0.1) is 16.8 Å². The first-order chi connectivity index (χ1) is 12.0. The number of carbonyl (C=O) groups excluding carboxylic acids is 1. The molecule has 4 rings (SSSR count). The maximum absolute atomic E-state index is 13.0. The molecule has 1 aromatic heterocycles. The Morgan fingerprint density at radius 3 is 2.48 bits per heavy atom. The van der Waals surface area contributed by atoms with Gasteiger partial charge in [-0.3, -0.25) is 9.78 Å². The molecule has 1 saturated carbocycles. The van der Waals surface area contributed by atoms with Gasteiger partial charge in [-0.05, 0) is 74.6 Å². The van der Waals surface area contributed by atoms with Crippen LogP contribution in [0.1, 0.15) is 51.6 Å². The van der Waals surface area contributed by atoms with Crippen LogP contribution >= 0.6 is 15.9 Å². The highest BCUT2D eigenvalue weighted by atomic mass is 79.9. The third kappa shape index (κ3) is 3.09. The number of amides is 1. The molecule has 3 aliphatic rings. The molecule has 2 aliphatic heterocycles. The van der Waals surface area contributed by atoms with E-state index in [-0.39, 0.29) is 5.91 Å². The lowest BCUT2D eigenvalue weighted by Gasteiger charge is -2.47. The highest BCUT2D eigenvalue weighted by Gasteiger charge is 2.51. The van der Waals surface area contributed by atoms with E-state index in [1.54, 1.807) is 6.20 Å². The van der Waals surface area contributed by atoms with Gasteiger partial charge in [0.2, 0.25) is 5.91 Å². The summed E-state index contributed by atoms with van der Waals surface area (Å²) in [6, 6.07) is 3.06. The van der Waals surface area contributed by atoms with Crippen molar-refractivity contribution in [3.63, 3.8) is 0 Å². The van der Waals surface area contributed by atoms with Crippen LogP contribution in [0.2, 0.25) is 0 Å². The van der Waals surface area contributed by atoms with Gasteiger partial charge in [-0.1, -0.05) is 6.42 Å². The van der Waals surface area contributed by atoms with Crippen molar-refractivity contribution in [2.45, 2.75) is 63.5 Å². The minimum atomic E-state index is -0.508. The number of anilines is 1. The quantitative estimate of drug-likeness (QED) is 0.754.